The molecule has 0 radical (unpaired) electrons. The summed E-state index contributed by atoms with van der Waals surface area (Å²) in [5.41, 5.74) is 0. The molecule has 0 heteroatoms. The quantitative estimate of drug-likeness (QED) is 0.467. The monoisotopic (exact) mass is 128 g/mol. The van der Waals surface area contributed by atoms with Crippen molar-refractivity contribution in [2.24, 2.45) is 5.92 Å². The fraction of sp³-hybridized carbons (Fsp3) is 1.00. The Hall–Kier alpha value is 0. The van der Waals surface area contributed by atoms with Gasteiger partial charge in [0.2, 0.25) is 0 Å². The van der Waals surface area contributed by atoms with Crippen LogP contribution in [0.2, 0.25) is 0 Å². The molecule has 0 bridgehead atoms. The fourth-order valence-corrected chi connectivity index (χ4v) is 1.66. The molecule has 9 heavy (non-hydrogen) atoms. The van der Waals surface area contributed by atoms with Crippen molar-refractivity contribution in [1.29, 1.82) is 0 Å². The molecule has 56 valence electrons. The van der Waals surface area contributed by atoms with Gasteiger partial charge in [-0.15, -0.1) is 0 Å². The van der Waals surface area contributed by atoms with Gasteiger partial charge >= 0.3 is 0 Å². The standard InChI is InChI=1S/C9H18.H2/c1-9-7-5-3-2-4-6-8-9;/h9H,2-8H2,1H3;1H. The predicted octanol–water partition coefficient (Wildman–Crippen LogP) is 3.61. The molecule has 0 N–H and O–H groups in total. The lowest BCUT2D eigenvalue weighted by Gasteiger charge is -2.13. The normalized spacial score (nSPS) is 25.0. The fourth-order valence-electron chi connectivity index (χ4n) is 1.66. The summed E-state index contributed by atoms with van der Waals surface area (Å²) in [5, 5.41) is 0. The van der Waals surface area contributed by atoms with Crippen LogP contribution in [0.4, 0.5) is 0 Å². The van der Waals surface area contributed by atoms with E-state index in [-0.39, 0.29) is 1.43 Å². The summed E-state index contributed by atoms with van der Waals surface area (Å²) in [5.74, 6) is 1.02. The number of rotatable bonds is 0. The highest BCUT2D eigenvalue weighted by Gasteiger charge is 2.04. The van der Waals surface area contributed by atoms with E-state index in [2.05, 4.69) is 6.92 Å². The van der Waals surface area contributed by atoms with Crippen LogP contribution in [0.15, 0.2) is 0 Å². The molecule has 0 spiro atoms. The maximum absolute atomic E-state index is 2.39. The van der Waals surface area contributed by atoms with E-state index in [9.17, 15) is 0 Å². The minimum atomic E-state index is 0. The molecule has 1 aliphatic carbocycles. The molecule has 0 atom stereocenters. The summed E-state index contributed by atoms with van der Waals surface area (Å²) >= 11 is 0. The first kappa shape index (κ1) is 7.11. The zero-order valence-electron chi connectivity index (χ0n) is 6.53. The van der Waals surface area contributed by atoms with Crippen LogP contribution < -0.4 is 0 Å². The van der Waals surface area contributed by atoms with E-state index in [4.69, 9.17) is 0 Å². The molecule has 0 aromatic heterocycles. The second-order valence-corrected chi connectivity index (χ2v) is 3.45. The minimum Gasteiger partial charge on any atom is -0.0625 e. The van der Waals surface area contributed by atoms with E-state index >= 15 is 0 Å². The van der Waals surface area contributed by atoms with Gasteiger partial charge in [-0.05, 0) is 5.92 Å². The third-order valence-corrected chi connectivity index (χ3v) is 2.39. The second kappa shape index (κ2) is 3.92. The molecule has 0 unspecified atom stereocenters. The van der Waals surface area contributed by atoms with Gasteiger partial charge in [0.05, 0.1) is 0 Å². The Bertz CT molecular complexity index is 63.1. The molecule has 1 aliphatic rings. The average Bonchev–Trinajstić information content (AvgIpc) is 1.79. The van der Waals surface area contributed by atoms with Gasteiger partial charge in [0.1, 0.15) is 0 Å². The van der Waals surface area contributed by atoms with E-state index in [1.165, 1.54) is 44.9 Å². The molecule has 0 aliphatic heterocycles. The minimum absolute atomic E-state index is 0. The lowest BCUT2D eigenvalue weighted by Crippen LogP contribution is -1.97. The zero-order chi connectivity index (χ0) is 6.53. The van der Waals surface area contributed by atoms with Crippen LogP contribution in [-0.4, -0.2) is 0 Å². The van der Waals surface area contributed by atoms with Gasteiger partial charge in [-0.2, -0.15) is 0 Å². The first-order valence-corrected chi connectivity index (χ1v) is 4.39. The Labute approximate surface area is 60.1 Å². The van der Waals surface area contributed by atoms with Crippen molar-refractivity contribution in [3.05, 3.63) is 0 Å². The Morgan fingerprint density at radius 2 is 1.33 bits per heavy atom. The summed E-state index contributed by atoms with van der Waals surface area (Å²) < 4.78 is 0. The van der Waals surface area contributed by atoms with Gasteiger partial charge < -0.3 is 0 Å². The maximum Gasteiger partial charge on any atom is 0 e. The van der Waals surface area contributed by atoms with E-state index in [0.717, 1.165) is 5.92 Å². The largest absolute Gasteiger partial charge is 0.0625 e. The Kier molecular flexibility index (Phi) is 3.10. The molecule has 1 rings (SSSR count). The van der Waals surface area contributed by atoms with Gasteiger partial charge in [0.15, 0.2) is 0 Å². The highest BCUT2D eigenvalue weighted by atomic mass is 14.1. The Morgan fingerprint density at radius 3 is 1.89 bits per heavy atom. The summed E-state index contributed by atoms with van der Waals surface area (Å²) in [4.78, 5) is 0. The van der Waals surface area contributed by atoms with Crippen molar-refractivity contribution >= 4 is 0 Å². The van der Waals surface area contributed by atoms with Crippen molar-refractivity contribution < 1.29 is 1.43 Å². The van der Waals surface area contributed by atoms with Crippen molar-refractivity contribution in [2.45, 2.75) is 51.9 Å². The van der Waals surface area contributed by atoms with Gasteiger partial charge in [-0.25, -0.2) is 0 Å². The smallest absolute Gasteiger partial charge is 0 e. The zero-order valence-corrected chi connectivity index (χ0v) is 6.53. The number of hydrogen-bond donors (Lipinski definition) is 0. The lowest BCUT2D eigenvalue weighted by atomic mass is 9.93. The van der Waals surface area contributed by atoms with Crippen LogP contribution in [0, 0.1) is 5.92 Å². The summed E-state index contributed by atoms with van der Waals surface area (Å²) in [6.45, 7) is 2.39. The molecular formula is C9H20. The molecule has 0 saturated heterocycles. The lowest BCUT2D eigenvalue weighted by molar-refractivity contribution is 0.404. The van der Waals surface area contributed by atoms with E-state index in [0.29, 0.717) is 0 Å². The third-order valence-electron chi connectivity index (χ3n) is 2.39. The van der Waals surface area contributed by atoms with E-state index < -0.39 is 0 Å². The first-order valence-electron chi connectivity index (χ1n) is 4.39. The summed E-state index contributed by atoms with van der Waals surface area (Å²) in [6.07, 6.45) is 10.4. The van der Waals surface area contributed by atoms with Crippen LogP contribution in [0.3, 0.4) is 0 Å². The molecule has 0 heterocycles. The van der Waals surface area contributed by atoms with Crippen LogP contribution in [0.25, 0.3) is 0 Å². The average molecular weight is 128 g/mol. The van der Waals surface area contributed by atoms with Gasteiger partial charge in [0, 0.05) is 1.43 Å². The highest BCUT2D eigenvalue weighted by Crippen LogP contribution is 2.20. The SMILES string of the molecule is CC1CCCCCCC1.[HH]. The molecule has 0 amide bonds. The molecule has 1 saturated carbocycles. The van der Waals surface area contributed by atoms with Crippen LogP contribution in [-0.2, 0) is 0 Å². The van der Waals surface area contributed by atoms with Gasteiger partial charge in [0.25, 0.3) is 0 Å². The number of hydrogen-bond acceptors (Lipinski definition) is 0. The van der Waals surface area contributed by atoms with E-state index in [1.807, 2.05) is 0 Å². The molecule has 0 aromatic carbocycles. The van der Waals surface area contributed by atoms with Gasteiger partial charge in [-0.3, -0.25) is 0 Å². The highest BCUT2D eigenvalue weighted by molar-refractivity contribution is 4.58. The maximum atomic E-state index is 2.39. The Balaban J connectivity index is 0.000000810. The molecule has 0 nitrogen and oxygen atoms in total. The predicted molar refractivity (Wildman–Crippen MR) is 43.6 cm³/mol. The van der Waals surface area contributed by atoms with Crippen LogP contribution in [0.5, 0.6) is 0 Å². The first-order chi connectivity index (χ1) is 4.39. The molecule has 0 aromatic rings. The molecule has 1 fully saturated rings. The van der Waals surface area contributed by atoms with Crippen molar-refractivity contribution in [3.8, 4) is 0 Å². The topological polar surface area (TPSA) is 0 Å². The Morgan fingerprint density at radius 1 is 0.889 bits per heavy atom. The third kappa shape index (κ3) is 2.88. The van der Waals surface area contributed by atoms with Crippen molar-refractivity contribution in [1.82, 2.24) is 0 Å². The van der Waals surface area contributed by atoms with Crippen LogP contribution >= 0.6 is 0 Å². The van der Waals surface area contributed by atoms with Crippen molar-refractivity contribution in [3.63, 3.8) is 0 Å². The summed E-state index contributed by atoms with van der Waals surface area (Å²) in [7, 11) is 0. The van der Waals surface area contributed by atoms with Crippen LogP contribution in [0.1, 0.15) is 53.3 Å². The van der Waals surface area contributed by atoms with Gasteiger partial charge in [-0.1, -0.05) is 51.9 Å². The summed E-state index contributed by atoms with van der Waals surface area (Å²) in [6, 6.07) is 0. The second-order valence-electron chi connectivity index (χ2n) is 3.45. The van der Waals surface area contributed by atoms with E-state index in [1.54, 1.807) is 0 Å². The molecular weight excluding hydrogens is 108 g/mol. The van der Waals surface area contributed by atoms with Crippen molar-refractivity contribution in [2.75, 3.05) is 0 Å².